The first-order valence-electron chi connectivity index (χ1n) is 5.34. The zero-order valence-corrected chi connectivity index (χ0v) is 11.6. The van der Waals surface area contributed by atoms with Crippen molar-refractivity contribution in [3.05, 3.63) is 52.6 Å². The predicted molar refractivity (Wildman–Crippen MR) is 76.3 cm³/mol. The van der Waals surface area contributed by atoms with Gasteiger partial charge in [0.2, 0.25) is 0 Å². The molecule has 88 valence electrons. The van der Waals surface area contributed by atoms with Gasteiger partial charge < -0.3 is 0 Å². The summed E-state index contributed by atoms with van der Waals surface area (Å²) >= 11 is 5.10. The molecule has 0 aliphatic rings. The zero-order chi connectivity index (χ0) is 12.4. The number of nitrogens with zero attached hydrogens (tertiary/aromatic N) is 3. The Kier molecular flexibility index (Phi) is 3.17. The van der Waals surface area contributed by atoms with E-state index in [0.29, 0.717) is 0 Å². The molecule has 3 heterocycles. The molecular formula is C13H8BrN3S. The van der Waals surface area contributed by atoms with Crippen LogP contribution in [0.3, 0.4) is 0 Å². The molecular weight excluding hydrogens is 310 g/mol. The number of hydrogen-bond acceptors (Lipinski definition) is 4. The van der Waals surface area contributed by atoms with E-state index in [4.69, 9.17) is 0 Å². The molecule has 3 aromatic heterocycles. The van der Waals surface area contributed by atoms with Crippen LogP contribution < -0.4 is 0 Å². The molecule has 0 N–H and O–H groups in total. The Labute approximate surface area is 117 Å². The maximum atomic E-state index is 4.60. The van der Waals surface area contributed by atoms with E-state index in [1.165, 1.54) is 0 Å². The molecule has 0 fully saturated rings. The first-order valence-corrected chi connectivity index (χ1v) is 6.94. The van der Waals surface area contributed by atoms with Crippen molar-refractivity contribution >= 4 is 27.3 Å². The molecule has 3 aromatic rings. The van der Waals surface area contributed by atoms with Crippen LogP contribution in [-0.2, 0) is 0 Å². The SMILES string of the molecule is Brc1sc(-c2ccccn2)nc1-c1ccccn1. The highest BCUT2D eigenvalue weighted by Crippen LogP contribution is 2.35. The van der Waals surface area contributed by atoms with Gasteiger partial charge in [0.25, 0.3) is 0 Å². The number of pyridine rings is 2. The summed E-state index contributed by atoms with van der Waals surface area (Å²) in [4.78, 5) is 13.2. The molecule has 3 nitrogen and oxygen atoms in total. The van der Waals surface area contributed by atoms with Crippen molar-refractivity contribution in [1.82, 2.24) is 15.0 Å². The second-order valence-corrected chi connectivity index (χ2v) is 5.89. The average molecular weight is 318 g/mol. The highest BCUT2D eigenvalue weighted by Gasteiger charge is 2.13. The molecule has 0 amide bonds. The van der Waals surface area contributed by atoms with Gasteiger partial charge in [-0.3, -0.25) is 9.97 Å². The Balaban J connectivity index is 2.07. The minimum absolute atomic E-state index is 0.862. The van der Waals surface area contributed by atoms with Crippen LogP contribution >= 0.6 is 27.3 Å². The Morgan fingerprint density at radius 2 is 1.56 bits per heavy atom. The van der Waals surface area contributed by atoms with Crippen LogP contribution in [0.4, 0.5) is 0 Å². The average Bonchev–Trinajstić information content (AvgIpc) is 2.83. The van der Waals surface area contributed by atoms with Gasteiger partial charge in [0, 0.05) is 12.4 Å². The Bertz CT molecular complexity index is 653. The van der Waals surface area contributed by atoms with Crippen LogP contribution in [0, 0.1) is 0 Å². The predicted octanol–water partition coefficient (Wildman–Crippen LogP) is 4.03. The molecule has 0 spiro atoms. The zero-order valence-electron chi connectivity index (χ0n) is 9.25. The summed E-state index contributed by atoms with van der Waals surface area (Å²) < 4.78 is 0.974. The highest BCUT2D eigenvalue weighted by molar-refractivity contribution is 9.11. The lowest BCUT2D eigenvalue weighted by Crippen LogP contribution is -1.84. The summed E-state index contributed by atoms with van der Waals surface area (Å²) in [6, 6.07) is 11.6. The number of halogens is 1. The standard InChI is InChI=1S/C13H8BrN3S/c14-12-11(9-5-1-3-7-15-9)17-13(18-12)10-6-2-4-8-16-10/h1-8H. The van der Waals surface area contributed by atoms with Crippen LogP contribution in [0.5, 0.6) is 0 Å². The van der Waals surface area contributed by atoms with Gasteiger partial charge >= 0.3 is 0 Å². The quantitative estimate of drug-likeness (QED) is 0.716. The summed E-state index contributed by atoms with van der Waals surface area (Å²) in [5.41, 5.74) is 2.61. The fraction of sp³-hybridized carbons (Fsp3) is 0. The lowest BCUT2D eigenvalue weighted by atomic mass is 10.3. The third-order valence-corrected chi connectivity index (χ3v) is 4.10. The minimum atomic E-state index is 0.862. The van der Waals surface area contributed by atoms with Crippen LogP contribution in [0.25, 0.3) is 22.1 Å². The minimum Gasteiger partial charge on any atom is -0.255 e. The second-order valence-electron chi connectivity index (χ2n) is 3.57. The normalized spacial score (nSPS) is 10.5. The van der Waals surface area contributed by atoms with Gasteiger partial charge in [0.05, 0.1) is 15.2 Å². The van der Waals surface area contributed by atoms with Crippen molar-refractivity contribution in [1.29, 1.82) is 0 Å². The number of hydrogen-bond donors (Lipinski definition) is 0. The van der Waals surface area contributed by atoms with Gasteiger partial charge in [-0.2, -0.15) is 0 Å². The lowest BCUT2D eigenvalue weighted by Gasteiger charge is -1.95. The van der Waals surface area contributed by atoms with Crippen molar-refractivity contribution in [3.8, 4) is 22.1 Å². The van der Waals surface area contributed by atoms with E-state index in [2.05, 4.69) is 30.9 Å². The van der Waals surface area contributed by atoms with E-state index in [-0.39, 0.29) is 0 Å². The molecule has 0 saturated carbocycles. The highest BCUT2D eigenvalue weighted by atomic mass is 79.9. The topological polar surface area (TPSA) is 38.7 Å². The van der Waals surface area contributed by atoms with E-state index in [1.54, 1.807) is 23.7 Å². The van der Waals surface area contributed by atoms with Gasteiger partial charge in [-0.15, -0.1) is 11.3 Å². The molecule has 3 rings (SSSR count). The smallest absolute Gasteiger partial charge is 0.143 e. The number of aromatic nitrogens is 3. The second kappa shape index (κ2) is 4.96. The van der Waals surface area contributed by atoms with Gasteiger partial charge in [-0.1, -0.05) is 12.1 Å². The molecule has 18 heavy (non-hydrogen) atoms. The van der Waals surface area contributed by atoms with E-state index in [1.807, 2.05) is 36.4 Å². The molecule has 0 saturated heterocycles. The first kappa shape index (κ1) is 11.5. The third kappa shape index (κ3) is 2.19. The molecule has 0 aliphatic carbocycles. The summed E-state index contributed by atoms with van der Waals surface area (Å²) in [5.74, 6) is 0. The molecule has 0 unspecified atom stereocenters. The van der Waals surface area contributed by atoms with Crippen LogP contribution in [0.15, 0.2) is 52.6 Å². The van der Waals surface area contributed by atoms with Gasteiger partial charge in [0.1, 0.15) is 10.7 Å². The van der Waals surface area contributed by atoms with E-state index < -0.39 is 0 Å². The van der Waals surface area contributed by atoms with Crippen molar-refractivity contribution in [2.75, 3.05) is 0 Å². The van der Waals surface area contributed by atoms with Gasteiger partial charge in [0.15, 0.2) is 0 Å². The summed E-state index contributed by atoms with van der Waals surface area (Å²) in [6.45, 7) is 0. The van der Waals surface area contributed by atoms with Crippen molar-refractivity contribution in [2.45, 2.75) is 0 Å². The van der Waals surface area contributed by atoms with Crippen molar-refractivity contribution in [3.63, 3.8) is 0 Å². The Hall–Kier alpha value is -1.59. The van der Waals surface area contributed by atoms with Gasteiger partial charge in [-0.05, 0) is 40.2 Å². The van der Waals surface area contributed by atoms with Crippen LogP contribution in [0.2, 0.25) is 0 Å². The number of rotatable bonds is 2. The third-order valence-electron chi connectivity index (χ3n) is 2.38. The van der Waals surface area contributed by atoms with E-state index in [9.17, 15) is 0 Å². The van der Waals surface area contributed by atoms with Gasteiger partial charge in [-0.25, -0.2) is 4.98 Å². The van der Waals surface area contributed by atoms with E-state index >= 15 is 0 Å². The summed E-state index contributed by atoms with van der Waals surface area (Å²) in [7, 11) is 0. The maximum Gasteiger partial charge on any atom is 0.143 e. The van der Waals surface area contributed by atoms with Crippen molar-refractivity contribution in [2.24, 2.45) is 0 Å². The molecule has 0 atom stereocenters. The fourth-order valence-corrected chi connectivity index (χ4v) is 3.09. The first-order chi connectivity index (χ1) is 8.84. The molecule has 0 aromatic carbocycles. The maximum absolute atomic E-state index is 4.60. The van der Waals surface area contributed by atoms with E-state index in [0.717, 1.165) is 25.9 Å². The Morgan fingerprint density at radius 1 is 0.889 bits per heavy atom. The monoisotopic (exact) mass is 317 g/mol. The molecule has 0 radical (unpaired) electrons. The number of thiazole rings is 1. The molecule has 0 aliphatic heterocycles. The lowest BCUT2D eigenvalue weighted by molar-refractivity contribution is 1.25. The Morgan fingerprint density at radius 3 is 2.17 bits per heavy atom. The molecule has 0 bridgehead atoms. The summed E-state index contributed by atoms with van der Waals surface area (Å²) in [6.07, 6.45) is 3.53. The largest absolute Gasteiger partial charge is 0.255 e. The van der Waals surface area contributed by atoms with Crippen LogP contribution in [-0.4, -0.2) is 15.0 Å². The fourth-order valence-electron chi connectivity index (χ4n) is 1.56. The summed E-state index contributed by atoms with van der Waals surface area (Å²) in [5, 5.41) is 0.892. The molecule has 5 heteroatoms. The van der Waals surface area contributed by atoms with Crippen LogP contribution in [0.1, 0.15) is 0 Å². The van der Waals surface area contributed by atoms with Crippen molar-refractivity contribution < 1.29 is 0 Å².